The van der Waals surface area contributed by atoms with Crippen LogP contribution in [0.15, 0.2) is 0 Å². The Morgan fingerprint density at radius 2 is 1.58 bits per heavy atom. The fraction of sp³-hybridized carbons (Fsp3) is 0.667. The molecule has 0 aliphatic heterocycles. The number of carbonyl (C=O) groups is 2. The molecule has 6 heteroatoms. The van der Waals surface area contributed by atoms with Crippen LogP contribution in [0.5, 0.6) is 0 Å². The first-order chi connectivity index (χ1) is 5.55. The molecule has 70 valence electrons. The minimum atomic E-state index is -2.14. The summed E-state index contributed by atoms with van der Waals surface area (Å²) in [5.41, 5.74) is 0. The molecule has 0 unspecified atom stereocenters. The fourth-order valence-corrected chi connectivity index (χ4v) is 0.857. The highest BCUT2D eigenvalue weighted by atomic mass is 35.5. The minimum Gasteiger partial charge on any atom is -0.465 e. The number of hydrogen-bond acceptors (Lipinski definition) is 5. The second kappa shape index (κ2) is 4.39. The predicted molar refractivity (Wildman–Crippen MR) is 39.6 cm³/mol. The van der Waals surface area contributed by atoms with Crippen molar-refractivity contribution >= 4 is 22.8 Å². The van der Waals surface area contributed by atoms with Gasteiger partial charge in [0.25, 0.3) is 5.24 Å². The molecule has 0 atom stereocenters. The van der Waals surface area contributed by atoms with E-state index in [4.69, 9.17) is 11.6 Å². The van der Waals surface area contributed by atoms with Crippen LogP contribution in [0.25, 0.3) is 0 Å². The molecule has 0 fully saturated rings. The van der Waals surface area contributed by atoms with Gasteiger partial charge in [-0.25, -0.2) is 4.79 Å². The third-order valence-electron chi connectivity index (χ3n) is 1.29. The molecule has 0 saturated heterocycles. The number of rotatable bonds is 4. The van der Waals surface area contributed by atoms with Crippen LogP contribution in [0.1, 0.15) is 0 Å². The van der Waals surface area contributed by atoms with E-state index in [0.717, 1.165) is 21.3 Å². The second-order valence-electron chi connectivity index (χ2n) is 1.79. The van der Waals surface area contributed by atoms with Crippen molar-refractivity contribution in [2.45, 2.75) is 5.79 Å². The van der Waals surface area contributed by atoms with Gasteiger partial charge in [0.2, 0.25) is 0 Å². The Balaban J connectivity index is 4.82. The van der Waals surface area contributed by atoms with Crippen molar-refractivity contribution in [2.24, 2.45) is 0 Å². The first-order valence-electron chi connectivity index (χ1n) is 2.93. The molecule has 0 radical (unpaired) electrons. The lowest BCUT2D eigenvalue weighted by Gasteiger charge is -2.22. The standard InChI is InChI=1S/C6H9ClO5/c1-10-5(9)6(11-2,12-3)4(7)8/h1-3H3. The van der Waals surface area contributed by atoms with Gasteiger partial charge in [0.1, 0.15) is 0 Å². The zero-order valence-corrected chi connectivity index (χ0v) is 7.68. The summed E-state index contributed by atoms with van der Waals surface area (Å²) in [6.45, 7) is 0. The molecule has 0 aromatic carbocycles. The highest BCUT2D eigenvalue weighted by molar-refractivity contribution is 6.67. The monoisotopic (exact) mass is 196 g/mol. The van der Waals surface area contributed by atoms with Crippen LogP contribution in [0.2, 0.25) is 0 Å². The molecule has 0 bridgehead atoms. The van der Waals surface area contributed by atoms with Gasteiger partial charge in [-0.15, -0.1) is 0 Å². The SMILES string of the molecule is COC(=O)C(OC)(OC)C(=O)Cl. The lowest BCUT2D eigenvalue weighted by atomic mass is 10.3. The highest BCUT2D eigenvalue weighted by Gasteiger charge is 2.47. The minimum absolute atomic E-state index is 0.993. The highest BCUT2D eigenvalue weighted by Crippen LogP contribution is 2.16. The van der Waals surface area contributed by atoms with E-state index in [1.807, 2.05) is 0 Å². The van der Waals surface area contributed by atoms with Crippen molar-refractivity contribution in [3.8, 4) is 0 Å². The van der Waals surface area contributed by atoms with E-state index in [2.05, 4.69) is 14.2 Å². The van der Waals surface area contributed by atoms with Gasteiger partial charge in [-0.1, -0.05) is 0 Å². The van der Waals surface area contributed by atoms with Gasteiger partial charge in [0.15, 0.2) is 0 Å². The first-order valence-corrected chi connectivity index (χ1v) is 3.31. The summed E-state index contributed by atoms with van der Waals surface area (Å²) >= 11 is 5.08. The van der Waals surface area contributed by atoms with Gasteiger partial charge >= 0.3 is 11.8 Å². The molecule has 0 heterocycles. The van der Waals surface area contributed by atoms with Crippen LogP contribution in [0, 0.1) is 0 Å². The summed E-state index contributed by atoms with van der Waals surface area (Å²) in [4.78, 5) is 21.7. The Morgan fingerprint density at radius 1 is 1.17 bits per heavy atom. The van der Waals surface area contributed by atoms with Crippen LogP contribution < -0.4 is 0 Å². The van der Waals surface area contributed by atoms with Crippen molar-refractivity contribution in [2.75, 3.05) is 21.3 Å². The van der Waals surface area contributed by atoms with E-state index in [1.165, 1.54) is 0 Å². The molecule has 5 nitrogen and oxygen atoms in total. The maximum absolute atomic E-state index is 11.0. The van der Waals surface area contributed by atoms with Gasteiger partial charge < -0.3 is 14.2 Å². The Labute approximate surface area is 74.5 Å². The van der Waals surface area contributed by atoms with Gasteiger partial charge in [-0.2, -0.15) is 0 Å². The van der Waals surface area contributed by atoms with E-state index in [1.54, 1.807) is 0 Å². The maximum atomic E-state index is 11.0. The largest absolute Gasteiger partial charge is 0.465 e. The Morgan fingerprint density at radius 3 is 1.67 bits per heavy atom. The summed E-state index contributed by atoms with van der Waals surface area (Å²) in [6, 6.07) is 0. The van der Waals surface area contributed by atoms with E-state index in [-0.39, 0.29) is 0 Å². The van der Waals surface area contributed by atoms with Crippen LogP contribution in [-0.2, 0) is 23.8 Å². The summed E-state index contributed by atoms with van der Waals surface area (Å²) in [7, 11) is 3.32. The number of methoxy groups -OCH3 is 3. The van der Waals surface area contributed by atoms with Crippen molar-refractivity contribution < 1.29 is 23.8 Å². The van der Waals surface area contributed by atoms with Gasteiger partial charge in [-0.05, 0) is 11.6 Å². The van der Waals surface area contributed by atoms with Gasteiger partial charge in [0, 0.05) is 14.2 Å². The molecule has 12 heavy (non-hydrogen) atoms. The van der Waals surface area contributed by atoms with Crippen LogP contribution in [0.3, 0.4) is 0 Å². The molecule has 0 saturated carbocycles. The number of halogens is 1. The third kappa shape index (κ3) is 1.74. The second-order valence-corrected chi connectivity index (χ2v) is 2.13. The van der Waals surface area contributed by atoms with E-state index in [9.17, 15) is 9.59 Å². The first kappa shape index (κ1) is 11.4. The number of carbonyl (C=O) groups excluding carboxylic acids is 2. The average molecular weight is 197 g/mol. The molecular weight excluding hydrogens is 188 g/mol. The predicted octanol–water partition coefficient (Wildman–Crippen LogP) is -0.0861. The smallest absolute Gasteiger partial charge is 0.376 e. The van der Waals surface area contributed by atoms with Crippen LogP contribution >= 0.6 is 11.6 Å². The van der Waals surface area contributed by atoms with Crippen molar-refractivity contribution in [1.82, 2.24) is 0 Å². The third-order valence-corrected chi connectivity index (χ3v) is 1.54. The molecule has 0 N–H and O–H groups in total. The molecule has 0 aliphatic rings. The van der Waals surface area contributed by atoms with E-state index < -0.39 is 17.0 Å². The zero-order valence-electron chi connectivity index (χ0n) is 6.92. The molecule has 0 spiro atoms. The van der Waals surface area contributed by atoms with Crippen molar-refractivity contribution in [3.05, 3.63) is 0 Å². The molecule has 0 amide bonds. The molecule has 0 rings (SSSR count). The van der Waals surface area contributed by atoms with Crippen LogP contribution in [-0.4, -0.2) is 38.3 Å². The number of hydrogen-bond donors (Lipinski definition) is 0. The zero-order chi connectivity index (χ0) is 9.78. The Hall–Kier alpha value is -0.650. The van der Waals surface area contributed by atoms with Gasteiger partial charge in [0.05, 0.1) is 7.11 Å². The fourth-order valence-electron chi connectivity index (χ4n) is 0.625. The summed E-state index contributed by atoms with van der Waals surface area (Å²) in [6.07, 6.45) is 0. The number of ether oxygens (including phenoxy) is 3. The molecule has 0 aromatic rings. The average Bonchev–Trinajstić information content (AvgIpc) is 2.06. The quantitative estimate of drug-likeness (QED) is 0.272. The Kier molecular flexibility index (Phi) is 4.16. The molecular formula is C6H9ClO5. The van der Waals surface area contributed by atoms with E-state index >= 15 is 0 Å². The summed E-state index contributed by atoms with van der Waals surface area (Å²) < 4.78 is 13.3. The molecule has 0 aliphatic carbocycles. The van der Waals surface area contributed by atoms with Gasteiger partial charge in [-0.3, -0.25) is 4.79 Å². The van der Waals surface area contributed by atoms with Crippen LogP contribution in [0.4, 0.5) is 0 Å². The van der Waals surface area contributed by atoms with E-state index in [0.29, 0.717) is 0 Å². The lowest BCUT2D eigenvalue weighted by Crippen LogP contribution is -2.48. The molecule has 0 aromatic heterocycles. The normalized spacial score (nSPS) is 11.0. The van der Waals surface area contributed by atoms with Crippen molar-refractivity contribution in [3.63, 3.8) is 0 Å². The Bertz CT molecular complexity index is 186. The number of esters is 1. The summed E-state index contributed by atoms with van der Waals surface area (Å²) in [5, 5.41) is -1.08. The topological polar surface area (TPSA) is 61.8 Å². The van der Waals surface area contributed by atoms with Crippen molar-refractivity contribution in [1.29, 1.82) is 0 Å². The lowest BCUT2D eigenvalue weighted by molar-refractivity contribution is -0.218. The summed E-state index contributed by atoms with van der Waals surface area (Å²) in [5.74, 6) is -3.14. The maximum Gasteiger partial charge on any atom is 0.376 e.